The molecule has 4 aromatic rings. The van der Waals surface area contributed by atoms with E-state index >= 15 is 0 Å². The summed E-state index contributed by atoms with van der Waals surface area (Å²) >= 11 is 0. The van der Waals surface area contributed by atoms with Crippen LogP contribution in [0.4, 0.5) is 0 Å². The zero-order valence-electron chi connectivity index (χ0n) is 20.6. The van der Waals surface area contributed by atoms with Gasteiger partial charge in [-0.15, -0.1) is 0 Å². The van der Waals surface area contributed by atoms with Gasteiger partial charge in [0.2, 0.25) is 0 Å². The van der Waals surface area contributed by atoms with E-state index in [1.165, 1.54) is 0 Å². The molecule has 3 aromatic carbocycles. The highest BCUT2D eigenvalue weighted by molar-refractivity contribution is 5.94. The Morgan fingerprint density at radius 3 is 2.44 bits per heavy atom. The van der Waals surface area contributed by atoms with Gasteiger partial charge in [0, 0.05) is 36.8 Å². The summed E-state index contributed by atoms with van der Waals surface area (Å²) in [5, 5.41) is 4.19. The van der Waals surface area contributed by atoms with Crippen molar-refractivity contribution in [2.75, 3.05) is 33.3 Å². The summed E-state index contributed by atoms with van der Waals surface area (Å²) < 4.78 is 11.5. The monoisotopic (exact) mass is 481 g/mol. The number of nitrogens with zero attached hydrogens (tertiary/aromatic N) is 3. The largest absolute Gasteiger partial charge is 0.492 e. The number of hydrogen-bond acceptors (Lipinski definition) is 5. The number of benzene rings is 3. The van der Waals surface area contributed by atoms with E-state index in [4.69, 9.17) is 9.26 Å². The number of likely N-dealkylation sites (N-methyl/N-ethyl adjacent to an activating group) is 1. The zero-order chi connectivity index (χ0) is 24.7. The molecule has 5 rings (SSSR count). The van der Waals surface area contributed by atoms with E-state index in [1.807, 2.05) is 90.8 Å². The van der Waals surface area contributed by atoms with Crippen molar-refractivity contribution >= 4 is 5.91 Å². The molecule has 2 heterocycles. The fraction of sp³-hybridized carbons (Fsp3) is 0.267. The first kappa shape index (κ1) is 23.8. The number of hydrogen-bond donors (Lipinski definition) is 0. The Morgan fingerprint density at radius 1 is 0.917 bits per heavy atom. The van der Waals surface area contributed by atoms with Crippen LogP contribution < -0.4 is 4.74 Å². The van der Waals surface area contributed by atoms with Gasteiger partial charge in [0.25, 0.3) is 5.91 Å². The van der Waals surface area contributed by atoms with Gasteiger partial charge < -0.3 is 14.2 Å². The molecule has 1 fully saturated rings. The Bertz CT molecular complexity index is 1280. The minimum absolute atomic E-state index is 0.127. The third kappa shape index (κ3) is 5.83. The minimum atomic E-state index is 0.127. The molecule has 1 saturated heterocycles. The lowest BCUT2D eigenvalue weighted by Gasteiger charge is -2.16. The smallest absolute Gasteiger partial charge is 0.253 e. The fourth-order valence-corrected chi connectivity index (χ4v) is 4.47. The zero-order valence-corrected chi connectivity index (χ0v) is 20.6. The van der Waals surface area contributed by atoms with Crippen molar-refractivity contribution in [3.8, 4) is 28.1 Å². The molecular formula is C30H31N3O3. The van der Waals surface area contributed by atoms with Gasteiger partial charge in [-0.1, -0.05) is 59.8 Å². The number of carbonyl (C=O) groups is 1. The van der Waals surface area contributed by atoms with E-state index in [2.05, 4.69) is 16.1 Å². The highest BCUT2D eigenvalue weighted by Crippen LogP contribution is 2.25. The van der Waals surface area contributed by atoms with Crippen LogP contribution in [-0.2, 0) is 6.54 Å². The highest BCUT2D eigenvalue weighted by Gasteiger charge is 2.19. The number of amides is 1. The van der Waals surface area contributed by atoms with E-state index in [9.17, 15) is 4.79 Å². The second-order valence-corrected chi connectivity index (χ2v) is 9.24. The first-order valence-electron chi connectivity index (χ1n) is 12.5. The Morgan fingerprint density at radius 2 is 1.67 bits per heavy atom. The SMILES string of the molecule is CN(CCOc1cccc(-c2ccc(C(=O)N3CCCC3)cc2)c1)Cc1cc(-c2ccccc2)no1. The summed E-state index contributed by atoms with van der Waals surface area (Å²) in [7, 11) is 2.04. The van der Waals surface area contributed by atoms with Crippen LogP contribution in [0.25, 0.3) is 22.4 Å². The molecule has 184 valence electrons. The van der Waals surface area contributed by atoms with Gasteiger partial charge in [0.15, 0.2) is 5.76 Å². The summed E-state index contributed by atoms with van der Waals surface area (Å²) in [6.45, 7) is 3.69. The lowest BCUT2D eigenvalue weighted by molar-refractivity contribution is 0.0793. The lowest BCUT2D eigenvalue weighted by atomic mass is 10.0. The first-order valence-corrected chi connectivity index (χ1v) is 12.5. The third-order valence-corrected chi connectivity index (χ3v) is 6.49. The molecule has 0 spiro atoms. The molecule has 1 aliphatic rings. The van der Waals surface area contributed by atoms with E-state index < -0.39 is 0 Å². The summed E-state index contributed by atoms with van der Waals surface area (Å²) in [5.41, 5.74) is 4.77. The number of rotatable bonds is 9. The van der Waals surface area contributed by atoms with Crippen molar-refractivity contribution in [2.24, 2.45) is 0 Å². The Balaban J connectivity index is 1.13. The molecule has 1 amide bonds. The van der Waals surface area contributed by atoms with Crippen molar-refractivity contribution in [3.63, 3.8) is 0 Å². The minimum Gasteiger partial charge on any atom is -0.492 e. The van der Waals surface area contributed by atoms with E-state index in [0.29, 0.717) is 13.2 Å². The first-order chi connectivity index (χ1) is 17.7. The average molecular weight is 482 g/mol. The lowest BCUT2D eigenvalue weighted by Crippen LogP contribution is -2.27. The predicted molar refractivity (Wildman–Crippen MR) is 141 cm³/mol. The Labute approximate surface area is 212 Å². The fourth-order valence-electron chi connectivity index (χ4n) is 4.47. The third-order valence-electron chi connectivity index (χ3n) is 6.49. The van der Waals surface area contributed by atoms with E-state index in [1.54, 1.807) is 0 Å². The second kappa shape index (κ2) is 11.2. The molecule has 0 unspecified atom stereocenters. The predicted octanol–water partition coefficient (Wildman–Crippen LogP) is 5.76. The molecule has 0 saturated carbocycles. The molecule has 6 nitrogen and oxygen atoms in total. The van der Waals surface area contributed by atoms with Crippen LogP contribution in [0.2, 0.25) is 0 Å². The molecule has 0 aliphatic carbocycles. The molecule has 1 aromatic heterocycles. The van der Waals surface area contributed by atoms with Crippen molar-refractivity contribution in [1.82, 2.24) is 15.0 Å². The summed E-state index contributed by atoms with van der Waals surface area (Å²) in [5.74, 6) is 1.77. The number of carbonyl (C=O) groups excluding carboxylic acids is 1. The maximum atomic E-state index is 12.6. The van der Waals surface area contributed by atoms with Gasteiger partial charge in [-0.2, -0.15) is 0 Å². The van der Waals surface area contributed by atoms with Gasteiger partial charge in [-0.25, -0.2) is 0 Å². The molecule has 0 atom stereocenters. The maximum absolute atomic E-state index is 12.6. The Kier molecular flexibility index (Phi) is 7.43. The van der Waals surface area contributed by atoms with Crippen molar-refractivity contribution < 1.29 is 14.1 Å². The van der Waals surface area contributed by atoms with Crippen LogP contribution in [0.5, 0.6) is 5.75 Å². The quantitative estimate of drug-likeness (QED) is 0.304. The molecule has 1 aliphatic heterocycles. The summed E-state index contributed by atoms with van der Waals surface area (Å²) in [4.78, 5) is 16.7. The molecular weight excluding hydrogens is 450 g/mol. The van der Waals surface area contributed by atoms with E-state index in [0.717, 1.165) is 71.9 Å². The van der Waals surface area contributed by atoms with Crippen molar-refractivity contribution in [3.05, 3.63) is 96.3 Å². The van der Waals surface area contributed by atoms with Crippen LogP contribution >= 0.6 is 0 Å². The van der Waals surface area contributed by atoms with Gasteiger partial charge >= 0.3 is 0 Å². The average Bonchev–Trinajstić information content (AvgIpc) is 3.62. The van der Waals surface area contributed by atoms with Crippen molar-refractivity contribution in [2.45, 2.75) is 19.4 Å². The van der Waals surface area contributed by atoms with Crippen LogP contribution in [0, 0.1) is 0 Å². The Hall–Kier alpha value is -3.90. The van der Waals surface area contributed by atoms with Crippen LogP contribution in [0.3, 0.4) is 0 Å². The molecule has 0 N–H and O–H groups in total. The van der Waals surface area contributed by atoms with Gasteiger partial charge in [0.05, 0.1) is 6.54 Å². The van der Waals surface area contributed by atoms with Crippen LogP contribution in [0.15, 0.2) is 89.5 Å². The number of aromatic nitrogens is 1. The normalized spacial score (nSPS) is 13.3. The second-order valence-electron chi connectivity index (χ2n) is 9.24. The van der Waals surface area contributed by atoms with Gasteiger partial charge in [-0.05, 0) is 55.3 Å². The van der Waals surface area contributed by atoms with E-state index in [-0.39, 0.29) is 5.91 Å². The van der Waals surface area contributed by atoms with Gasteiger partial charge in [-0.3, -0.25) is 9.69 Å². The standard InChI is InChI=1S/C30H31N3O3/c1-32(22-28-21-29(31-36-28)24-8-3-2-4-9-24)18-19-35-27-11-7-10-26(20-27)23-12-14-25(15-13-23)30(34)33-16-5-6-17-33/h2-4,7-15,20-21H,5-6,16-19,22H2,1H3. The number of ether oxygens (including phenoxy) is 1. The van der Waals surface area contributed by atoms with Crippen molar-refractivity contribution in [1.29, 1.82) is 0 Å². The molecule has 0 bridgehead atoms. The number of likely N-dealkylation sites (tertiary alicyclic amines) is 1. The molecule has 6 heteroatoms. The van der Waals surface area contributed by atoms with Gasteiger partial charge in [0.1, 0.15) is 18.1 Å². The molecule has 36 heavy (non-hydrogen) atoms. The summed E-state index contributed by atoms with van der Waals surface area (Å²) in [6.07, 6.45) is 2.20. The maximum Gasteiger partial charge on any atom is 0.253 e. The molecule has 0 radical (unpaired) electrons. The highest BCUT2D eigenvalue weighted by atomic mass is 16.5. The van der Waals surface area contributed by atoms with Crippen LogP contribution in [-0.4, -0.2) is 54.2 Å². The summed E-state index contributed by atoms with van der Waals surface area (Å²) in [6, 6.07) is 27.9. The topological polar surface area (TPSA) is 58.8 Å². The van der Waals surface area contributed by atoms with Crippen LogP contribution in [0.1, 0.15) is 29.0 Å².